The van der Waals surface area contributed by atoms with Crippen LogP contribution in [0.4, 0.5) is 0 Å². The second-order valence-electron chi connectivity index (χ2n) is 4.71. The minimum atomic E-state index is 0.540. The standard InChI is InChI=1S/C15H24ClNO/c1-5-14(17-6-2)11(3)9-12-10-13(16)7-8-15(12)18-4/h7-8,10-11,14,17H,5-6,9H2,1-4H3. The Morgan fingerprint density at radius 3 is 2.61 bits per heavy atom. The van der Waals surface area contributed by atoms with Gasteiger partial charge < -0.3 is 10.1 Å². The van der Waals surface area contributed by atoms with Gasteiger partial charge in [-0.25, -0.2) is 0 Å². The zero-order chi connectivity index (χ0) is 13.5. The van der Waals surface area contributed by atoms with Crippen LogP contribution in [0, 0.1) is 5.92 Å². The zero-order valence-electron chi connectivity index (χ0n) is 11.8. The van der Waals surface area contributed by atoms with E-state index in [0.717, 1.165) is 30.2 Å². The summed E-state index contributed by atoms with van der Waals surface area (Å²) in [7, 11) is 1.71. The van der Waals surface area contributed by atoms with Crippen LogP contribution in [0.2, 0.25) is 5.02 Å². The highest BCUT2D eigenvalue weighted by Gasteiger charge is 2.16. The summed E-state index contributed by atoms with van der Waals surface area (Å²) in [5, 5.41) is 4.30. The quantitative estimate of drug-likeness (QED) is 0.810. The summed E-state index contributed by atoms with van der Waals surface area (Å²) in [6, 6.07) is 6.36. The number of nitrogens with one attached hydrogen (secondary N) is 1. The summed E-state index contributed by atoms with van der Waals surface area (Å²) in [6.45, 7) is 7.65. The summed E-state index contributed by atoms with van der Waals surface area (Å²) in [5.74, 6) is 1.49. The fourth-order valence-corrected chi connectivity index (χ4v) is 2.60. The van der Waals surface area contributed by atoms with Gasteiger partial charge in [0.05, 0.1) is 7.11 Å². The van der Waals surface area contributed by atoms with Crippen LogP contribution in [-0.2, 0) is 6.42 Å². The average molecular weight is 270 g/mol. The Morgan fingerprint density at radius 1 is 1.33 bits per heavy atom. The van der Waals surface area contributed by atoms with Crippen molar-refractivity contribution >= 4 is 11.6 Å². The molecule has 102 valence electrons. The highest BCUT2D eigenvalue weighted by atomic mass is 35.5. The van der Waals surface area contributed by atoms with Crippen LogP contribution in [0.15, 0.2) is 18.2 Å². The second-order valence-corrected chi connectivity index (χ2v) is 5.15. The highest BCUT2D eigenvalue weighted by Crippen LogP contribution is 2.26. The molecule has 1 N–H and O–H groups in total. The predicted molar refractivity (Wildman–Crippen MR) is 78.6 cm³/mol. The summed E-state index contributed by atoms with van der Waals surface area (Å²) in [6.07, 6.45) is 2.12. The Kier molecular flexibility index (Phi) is 6.51. The molecule has 2 nitrogen and oxygen atoms in total. The first kappa shape index (κ1) is 15.3. The van der Waals surface area contributed by atoms with Crippen molar-refractivity contribution in [2.24, 2.45) is 5.92 Å². The topological polar surface area (TPSA) is 21.3 Å². The molecule has 0 amide bonds. The number of benzene rings is 1. The molecule has 0 aliphatic rings. The largest absolute Gasteiger partial charge is 0.496 e. The van der Waals surface area contributed by atoms with E-state index in [0.29, 0.717) is 12.0 Å². The molecular formula is C15H24ClNO. The summed E-state index contributed by atoms with van der Waals surface area (Å²) in [4.78, 5) is 0. The van der Waals surface area contributed by atoms with E-state index in [9.17, 15) is 0 Å². The zero-order valence-corrected chi connectivity index (χ0v) is 12.6. The van der Waals surface area contributed by atoms with Crippen LogP contribution in [0.1, 0.15) is 32.8 Å². The molecule has 18 heavy (non-hydrogen) atoms. The lowest BCUT2D eigenvalue weighted by molar-refractivity contribution is 0.360. The molecule has 0 aliphatic carbocycles. The van der Waals surface area contributed by atoms with Gasteiger partial charge in [-0.3, -0.25) is 0 Å². The number of hydrogen-bond donors (Lipinski definition) is 1. The van der Waals surface area contributed by atoms with Crippen molar-refractivity contribution in [2.45, 2.75) is 39.7 Å². The molecular weight excluding hydrogens is 246 g/mol. The van der Waals surface area contributed by atoms with Gasteiger partial charge in [-0.2, -0.15) is 0 Å². The summed E-state index contributed by atoms with van der Waals surface area (Å²) in [5.41, 5.74) is 1.19. The van der Waals surface area contributed by atoms with Crippen molar-refractivity contribution in [1.82, 2.24) is 5.32 Å². The third-order valence-electron chi connectivity index (χ3n) is 3.38. The minimum absolute atomic E-state index is 0.540. The molecule has 0 aliphatic heterocycles. The Labute approximate surface area is 116 Å². The molecule has 2 unspecified atom stereocenters. The lowest BCUT2D eigenvalue weighted by Crippen LogP contribution is -2.35. The van der Waals surface area contributed by atoms with Crippen molar-refractivity contribution in [1.29, 1.82) is 0 Å². The smallest absolute Gasteiger partial charge is 0.122 e. The molecule has 0 spiro atoms. The van der Waals surface area contributed by atoms with E-state index >= 15 is 0 Å². The van der Waals surface area contributed by atoms with Gasteiger partial charge >= 0.3 is 0 Å². The fraction of sp³-hybridized carbons (Fsp3) is 0.600. The Bertz CT molecular complexity index is 368. The van der Waals surface area contributed by atoms with Crippen molar-refractivity contribution in [3.8, 4) is 5.75 Å². The highest BCUT2D eigenvalue weighted by molar-refractivity contribution is 6.30. The third-order valence-corrected chi connectivity index (χ3v) is 3.61. The van der Waals surface area contributed by atoms with Gasteiger partial charge in [0, 0.05) is 11.1 Å². The molecule has 1 rings (SSSR count). The number of halogens is 1. The van der Waals surface area contributed by atoms with Gasteiger partial charge in [0.1, 0.15) is 5.75 Å². The third kappa shape index (κ3) is 4.18. The molecule has 0 saturated heterocycles. The van der Waals surface area contributed by atoms with Gasteiger partial charge in [0.2, 0.25) is 0 Å². The van der Waals surface area contributed by atoms with Gasteiger partial charge in [0.15, 0.2) is 0 Å². The predicted octanol–water partition coefficient (Wildman–Crippen LogP) is 3.92. The van der Waals surface area contributed by atoms with E-state index in [1.54, 1.807) is 7.11 Å². The summed E-state index contributed by atoms with van der Waals surface area (Å²) < 4.78 is 5.40. The molecule has 0 heterocycles. The minimum Gasteiger partial charge on any atom is -0.496 e. The second kappa shape index (κ2) is 7.65. The summed E-state index contributed by atoms with van der Waals surface area (Å²) >= 11 is 6.06. The molecule has 0 saturated carbocycles. The van der Waals surface area contributed by atoms with E-state index in [4.69, 9.17) is 16.3 Å². The normalized spacial score (nSPS) is 14.3. The molecule has 0 radical (unpaired) electrons. The maximum atomic E-state index is 6.06. The van der Waals surface area contributed by atoms with Crippen molar-refractivity contribution in [3.63, 3.8) is 0 Å². The average Bonchev–Trinajstić information content (AvgIpc) is 2.36. The lowest BCUT2D eigenvalue weighted by atomic mass is 9.92. The molecule has 0 fully saturated rings. The van der Waals surface area contributed by atoms with Crippen molar-refractivity contribution in [2.75, 3.05) is 13.7 Å². The van der Waals surface area contributed by atoms with E-state index < -0.39 is 0 Å². The Hall–Kier alpha value is -0.730. The van der Waals surface area contributed by atoms with Crippen molar-refractivity contribution in [3.05, 3.63) is 28.8 Å². The number of rotatable bonds is 7. The van der Waals surface area contributed by atoms with E-state index in [2.05, 4.69) is 26.1 Å². The van der Waals surface area contributed by atoms with Crippen LogP contribution in [0.5, 0.6) is 5.75 Å². The van der Waals surface area contributed by atoms with E-state index in [-0.39, 0.29) is 0 Å². The van der Waals surface area contributed by atoms with Crippen LogP contribution in [-0.4, -0.2) is 19.7 Å². The van der Waals surface area contributed by atoms with Gasteiger partial charge in [-0.1, -0.05) is 32.4 Å². The molecule has 0 aromatic heterocycles. The Balaban J connectivity index is 2.79. The number of hydrogen-bond acceptors (Lipinski definition) is 2. The van der Waals surface area contributed by atoms with Gasteiger partial charge in [0.25, 0.3) is 0 Å². The van der Waals surface area contributed by atoms with Gasteiger partial charge in [-0.05, 0) is 49.1 Å². The maximum absolute atomic E-state index is 6.06. The van der Waals surface area contributed by atoms with Crippen LogP contribution < -0.4 is 10.1 Å². The van der Waals surface area contributed by atoms with E-state index in [1.807, 2.05) is 18.2 Å². The molecule has 3 heteroatoms. The molecule has 1 aromatic rings. The van der Waals surface area contributed by atoms with Crippen LogP contribution in [0.3, 0.4) is 0 Å². The van der Waals surface area contributed by atoms with Gasteiger partial charge in [-0.15, -0.1) is 0 Å². The van der Waals surface area contributed by atoms with E-state index in [1.165, 1.54) is 5.56 Å². The molecule has 0 bridgehead atoms. The first-order valence-corrected chi connectivity index (χ1v) is 7.05. The van der Waals surface area contributed by atoms with Crippen LogP contribution >= 0.6 is 11.6 Å². The lowest BCUT2D eigenvalue weighted by Gasteiger charge is -2.24. The monoisotopic (exact) mass is 269 g/mol. The first-order chi connectivity index (χ1) is 8.62. The number of methoxy groups -OCH3 is 1. The SMILES string of the molecule is CCNC(CC)C(C)Cc1cc(Cl)ccc1OC. The maximum Gasteiger partial charge on any atom is 0.122 e. The molecule has 2 atom stereocenters. The van der Waals surface area contributed by atoms with Crippen molar-refractivity contribution < 1.29 is 4.74 Å². The number of ether oxygens (including phenoxy) is 1. The molecule has 1 aromatic carbocycles. The Morgan fingerprint density at radius 2 is 2.06 bits per heavy atom. The fourth-order valence-electron chi connectivity index (χ4n) is 2.41. The van der Waals surface area contributed by atoms with Crippen LogP contribution in [0.25, 0.3) is 0 Å². The first-order valence-electron chi connectivity index (χ1n) is 6.68.